The first-order chi connectivity index (χ1) is 18.6. The van der Waals surface area contributed by atoms with E-state index in [2.05, 4.69) is 29.2 Å². The number of halogens is 3. The van der Waals surface area contributed by atoms with Gasteiger partial charge in [-0.25, -0.2) is 0 Å². The number of hydrogen-bond acceptors (Lipinski definition) is 6. The van der Waals surface area contributed by atoms with Gasteiger partial charge in [0.1, 0.15) is 0 Å². The predicted molar refractivity (Wildman–Crippen MR) is 154 cm³/mol. The molecule has 4 atom stereocenters. The maximum absolute atomic E-state index is 12.0. The summed E-state index contributed by atoms with van der Waals surface area (Å²) in [5.74, 6) is -0.680. The van der Waals surface area contributed by atoms with Gasteiger partial charge in [-0.3, -0.25) is 9.78 Å². The van der Waals surface area contributed by atoms with Gasteiger partial charge in [0.2, 0.25) is 0 Å². The van der Waals surface area contributed by atoms with Crippen molar-refractivity contribution in [2.75, 3.05) is 25.5 Å². The van der Waals surface area contributed by atoms with Crippen molar-refractivity contribution in [2.45, 2.75) is 42.2 Å². The van der Waals surface area contributed by atoms with Crippen molar-refractivity contribution >= 4 is 46.4 Å². The Morgan fingerprint density at radius 1 is 1.03 bits per heavy atom. The molecule has 1 saturated heterocycles. The van der Waals surface area contributed by atoms with Crippen LogP contribution >= 0.6 is 34.8 Å². The monoisotopic (exact) mass is 591 g/mol. The molecule has 1 aliphatic rings. The number of carbonyl (C=O) groups excluding carboxylic acids is 1. The summed E-state index contributed by atoms with van der Waals surface area (Å²) >= 11 is 17.0. The smallest absolute Gasteiger partial charge is 0.276 e. The summed E-state index contributed by atoms with van der Waals surface area (Å²) in [6.45, 7) is 3.66. The maximum Gasteiger partial charge on any atom is 0.276 e. The highest BCUT2D eigenvalue weighted by Gasteiger charge is 2.39. The lowest BCUT2D eigenvalue weighted by molar-refractivity contribution is -0.275. The van der Waals surface area contributed by atoms with Gasteiger partial charge in [0.05, 0.1) is 18.8 Å². The Balaban J connectivity index is 1.51. The number of nitrogens with one attached hydrogen (secondary N) is 1. The molecule has 0 radical (unpaired) electrons. The Hall–Kier alpha value is -2.23. The minimum Gasteiger partial charge on any atom is -0.392 e. The normalized spacial score (nSPS) is 21.6. The Morgan fingerprint density at radius 2 is 1.72 bits per heavy atom. The second-order valence-corrected chi connectivity index (χ2v) is 12.0. The first-order valence-electron chi connectivity index (χ1n) is 12.7. The van der Waals surface area contributed by atoms with Gasteiger partial charge in [0.25, 0.3) is 9.70 Å². The van der Waals surface area contributed by atoms with Gasteiger partial charge in [-0.05, 0) is 42.4 Å². The topological polar surface area (TPSA) is 83.9 Å². The van der Waals surface area contributed by atoms with Crippen LogP contribution in [0.3, 0.4) is 0 Å². The summed E-state index contributed by atoms with van der Waals surface area (Å²) in [7, 11) is 2.08. The second kappa shape index (κ2) is 13.4. The van der Waals surface area contributed by atoms with E-state index in [1.165, 1.54) is 0 Å². The molecule has 1 aromatic heterocycles. The summed E-state index contributed by atoms with van der Waals surface area (Å²) in [5, 5.41) is 12.0. The molecular formula is C29H32Cl3N3O4. The lowest BCUT2D eigenvalue weighted by Gasteiger charge is -2.42. The minimum absolute atomic E-state index is 0.0159. The molecule has 1 aliphatic heterocycles. The predicted octanol–water partition coefficient (Wildman–Crippen LogP) is 5.85. The van der Waals surface area contributed by atoms with Gasteiger partial charge in [-0.2, -0.15) is 0 Å². The number of nitrogens with zero attached hydrogens (tertiary/aromatic N) is 2. The number of anilines is 1. The summed E-state index contributed by atoms with van der Waals surface area (Å²) in [6, 6.07) is 20.8. The molecule has 0 spiro atoms. The van der Waals surface area contributed by atoms with Crippen LogP contribution in [-0.2, 0) is 27.3 Å². The van der Waals surface area contributed by atoms with Gasteiger partial charge in [-0.1, -0.05) is 84.2 Å². The highest BCUT2D eigenvalue weighted by Crippen LogP contribution is 2.42. The van der Waals surface area contributed by atoms with Crippen LogP contribution in [0.5, 0.6) is 0 Å². The quantitative estimate of drug-likeness (QED) is 0.304. The summed E-state index contributed by atoms with van der Waals surface area (Å²) in [4.78, 5) is 18.7. The van der Waals surface area contributed by atoms with Gasteiger partial charge in [-0.15, -0.1) is 0 Å². The molecule has 0 saturated carbocycles. The number of carbonyl (C=O) groups is 1. The number of rotatable bonds is 9. The van der Waals surface area contributed by atoms with Crippen LogP contribution < -0.4 is 5.32 Å². The van der Waals surface area contributed by atoms with Crippen molar-refractivity contribution in [1.82, 2.24) is 9.88 Å². The molecular weight excluding hydrogens is 561 g/mol. The number of alkyl halides is 3. The highest BCUT2D eigenvalue weighted by atomic mass is 35.6. The van der Waals surface area contributed by atoms with E-state index in [1.54, 1.807) is 12.1 Å². The molecule has 2 N–H and O–H groups in total. The van der Waals surface area contributed by atoms with Crippen LogP contribution in [0.4, 0.5) is 5.69 Å². The molecule has 1 fully saturated rings. The van der Waals surface area contributed by atoms with Crippen LogP contribution in [0.25, 0.3) is 0 Å². The van der Waals surface area contributed by atoms with Crippen LogP contribution in [-0.4, -0.2) is 50.9 Å². The summed E-state index contributed by atoms with van der Waals surface area (Å²) < 4.78 is 10.9. The largest absolute Gasteiger partial charge is 0.392 e. The maximum atomic E-state index is 12.0. The first kappa shape index (κ1) is 29.7. The summed E-state index contributed by atoms with van der Waals surface area (Å²) in [5.41, 5.74) is 4.19. The fraction of sp³-hybridized carbons (Fsp3) is 0.379. The molecule has 10 heteroatoms. The number of aliphatic hydroxyl groups excluding tert-OH is 1. The van der Waals surface area contributed by atoms with E-state index in [4.69, 9.17) is 44.3 Å². The molecule has 0 aliphatic carbocycles. The van der Waals surface area contributed by atoms with Crippen LogP contribution in [0, 0.1) is 5.92 Å². The Bertz CT molecular complexity index is 1210. The van der Waals surface area contributed by atoms with E-state index in [9.17, 15) is 9.90 Å². The molecule has 4 rings (SSSR count). The average Bonchev–Trinajstić information content (AvgIpc) is 2.93. The van der Waals surface area contributed by atoms with Crippen molar-refractivity contribution in [3.63, 3.8) is 0 Å². The Kier molecular flexibility index (Phi) is 10.2. The molecule has 1 amide bonds. The molecule has 39 heavy (non-hydrogen) atoms. The van der Waals surface area contributed by atoms with E-state index >= 15 is 0 Å². The van der Waals surface area contributed by atoms with Crippen LogP contribution in [0.2, 0.25) is 0 Å². The van der Waals surface area contributed by atoms with E-state index < -0.39 is 16.0 Å². The zero-order chi connectivity index (χ0) is 28.0. The van der Waals surface area contributed by atoms with Gasteiger partial charge in [0.15, 0.2) is 6.29 Å². The zero-order valence-corrected chi connectivity index (χ0v) is 24.0. The number of aliphatic hydroxyl groups is 1. The van der Waals surface area contributed by atoms with E-state index in [0.29, 0.717) is 12.2 Å². The van der Waals surface area contributed by atoms with Crippen molar-refractivity contribution < 1.29 is 19.4 Å². The van der Waals surface area contributed by atoms with Crippen molar-refractivity contribution in [3.05, 3.63) is 95.3 Å². The number of ether oxygens (including phenoxy) is 2. The Morgan fingerprint density at radius 3 is 2.33 bits per heavy atom. The summed E-state index contributed by atoms with van der Waals surface area (Å²) in [6.07, 6.45) is 1.67. The number of aromatic nitrogens is 1. The molecule has 0 bridgehead atoms. The lowest BCUT2D eigenvalue weighted by atomic mass is 9.90. The minimum atomic E-state index is -2.06. The number of benzene rings is 2. The zero-order valence-electron chi connectivity index (χ0n) is 21.8. The molecule has 3 aromatic rings. The fourth-order valence-corrected chi connectivity index (χ4v) is 4.65. The van der Waals surface area contributed by atoms with E-state index in [1.807, 2.05) is 60.8 Å². The molecule has 2 aromatic carbocycles. The average molecular weight is 593 g/mol. The SMILES string of the molecule is C[C@@H]1[C@H](CN(C)CCc2ccccn2)O[C@H](c2ccc(NC(=O)C(Cl)(Cl)Cl)cc2)O[C@@H]1c1ccc(CO)cc1. The highest BCUT2D eigenvalue weighted by molar-refractivity contribution is 6.76. The number of likely N-dealkylation sites (N-methyl/N-ethyl adjacent to an activating group) is 1. The fourth-order valence-electron chi connectivity index (χ4n) is 4.50. The van der Waals surface area contributed by atoms with E-state index in [0.717, 1.165) is 35.3 Å². The molecule has 208 valence electrons. The number of pyridine rings is 1. The van der Waals surface area contributed by atoms with E-state index in [-0.39, 0.29) is 24.7 Å². The molecule has 2 heterocycles. The van der Waals surface area contributed by atoms with Crippen molar-refractivity contribution in [1.29, 1.82) is 0 Å². The number of amides is 1. The third-order valence-corrected chi connectivity index (χ3v) is 7.30. The standard InChI is InChI=1S/C29H32Cl3N3O4/c1-19-25(17-35(2)16-14-23-5-3-4-15-33-23)38-27(39-26(19)21-8-6-20(18-36)7-9-21)22-10-12-24(13-11-22)34-28(37)29(30,31)32/h3-13,15,19,25-27,36H,14,16-18H2,1-2H3,(H,34,37)/t19-,25+,26+,27+/m1/s1. The second-order valence-electron chi connectivity index (χ2n) is 9.73. The number of hydrogen-bond donors (Lipinski definition) is 2. The molecule has 0 unspecified atom stereocenters. The molecule has 7 nitrogen and oxygen atoms in total. The van der Waals surface area contributed by atoms with Gasteiger partial charge in [0, 0.05) is 48.6 Å². The Labute approximate surface area is 244 Å². The lowest BCUT2D eigenvalue weighted by Crippen LogP contribution is -2.43. The van der Waals surface area contributed by atoms with Gasteiger partial charge < -0.3 is 24.8 Å². The third-order valence-electron chi connectivity index (χ3n) is 6.79. The van der Waals surface area contributed by atoms with Crippen molar-refractivity contribution in [2.24, 2.45) is 5.92 Å². The first-order valence-corrected chi connectivity index (χ1v) is 13.8. The van der Waals surface area contributed by atoms with Crippen LogP contribution in [0.1, 0.15) is 41.7 Å². The third kappa shape index (κ3) is 8.14. The van der Waals surface area contributed by atoms with Crippen molar-refractivity contribution in [3.8, 4) is 0 Å². The van der Waals surface area contributed by atoms with Crippen LogP contribution in [0.15, 0.2) is 72.9 Å². The van der Waals surface area contributed by atoms with Gasteiger partial charge >= 0.3 is 0 Å².